The summed E-state index contributed by atoms with van der Waals surface area (Å²) in [5.74, 6) is -1.17. The topological polar surface area (TPSA) is 46.2 Å². The number of nitrogens with two attached hydrogens (primary N) is 1. The third kappa shape index (κ3) is 3.39. The highest BCUT2D eigenvalue weighted by Gasteiger charge is 2.31. The van der Waals surface area contributed by atoms with Crippen LogP contribution in [0.15, 0.2) is 18.2 Å². The third-order valence-corrected chi connectivity index (χ3v) is 1.84. The van der Waals surface area contributed by atoms with Crippen LogP contribution in [0.4, 0.5) is 17.6 Å². The summed E-state index contributed by atoms with van der Waals surface area (Å²) in [6.07, 6.45) is -5.75. The van der Waals surface area contributed by atoms with Gasteiger partial charge in [0.25, 0.3) is 0 Å². The lowest BCUT2D eigenvalue weighted by molar-refractivity contribution is -0.138. The Morgan fingerprint density at radius 1 is 1.33 bits per heavy atom. The molecule has 0 bridgehead atoms. The molecule has 0 saturated heterocycles. The van der Waals surface area contributed by atoms with Crippen molar-refractivity contribution in [3.8, 4) is 5.75 Å². The summed E-state index contributed by atoms with van der Waals surface area (Å²) >= 11 is 0. The molecule has 0 unspecified atom stereocenters. The monoisotopic (exact) mass is 223 g/mol. The van der Waals surface area contributed by atoms with Gasteiger partial charge in [0.2, 0.25) is 0 Å². The molecule has 0 saturated carbocycles. The minimum atomic E-state index is -4.45. The van der Waals surface area contributed by atoms with Crippen molar-refractivity contribution in [1.82, 2.24) is 0 Å². The third-order valence-electron chi connectivity index (χ3n) is 1.84. The zero-order valence-electron chi connectivity index (χ0n) is 7.55. The number of alkyl halides is 3. The average molecular weight is 223 g/mol. The normalized spacial score (nSPS) is 13.9. The fourth-order valence-electron chi connectivity index (χ4n) is 1.18. The zero-order valence-corrected chi connectivity index (χ0v) is 7.55. The number of phenolic OH excluding ortho intramolecular Hbond substituents is 1. The first-order chi connectivity index (χ1) is 6.79. The summed E-state index contributed by atoms with van der Waals surface area (Å²) < 4.78 is 48.6. The van der Waals surface area contributed by atoms with Gasteiger partial charge >= 0.3 is 6.18 Å². The summed E-state index contributed by atoms with van der Waals surface area (Å²) in [4.78, 5) is 0. The minimum absolute atomic E-state index is 0.243. The van der Waals surface area contributed by atoms with E-state index in [1.165, 1.54) is 0 Å². The van der Waals surface area contributed by atoms with Crippen LogP contribution in [0, 0.1) is 5.82 Å². The highest BCUT2D eigenvalue weighted by molar-refractivity contribution is 5.35. The molecule has 0 spiro atoms. The fourth-order valence-corrected chi connectivity index (χ4v) is 1.18. The molecular weight excluding hydrogens is 214 g/mol. The van der Waals surface area contributed by atoms with Crippen LogP contribution in [-0.2, 0) is 0 Å². The summed E-state index contributed by atoms with van der Waals surface area (Å²) in [5, 5.41) is 9.19. The molecule has 0 aliphatic heterocycles. The van der Waals surface area contributed by atoms with Gasteiger partial charge in [-0.3, -0.25) is 0 Å². The standard InChI is InChI=1S/C9H9F4NO/c10-5-1-2-8(15)6(3-5)7(14)4-9(11,12)13/h1-3,7,15H,4,14H2/t7-/m0/s1. The van der Waals surface area contributed by atoms with Crippen LogP contribution in [0.1, 0.15) is 18.0 Å². The van der Waals surface area contributed by atoms with E-state index in [2.05, 4.69) is 0 Å². The van der Waals surface area contributed by atoms with Crippen LogP contribution in [0.2, 0.25) is 0 Å². The molecule has 1 aromatic carbocycles. The van der Waals surface area contributed by atoms with Gasteiger partial charge in [0.05, 0.1) is 6.42 Å². The Morgan fingerprint density at radius 2 is 1.93 bits per heavy atom. The molecule has 6 heteroatoms. The molecule has 84 valence electrons. The predicted molar refractivity (Wildman–Crippen MR) is 45.7 cm³/mol. The first-order valence-electron chi connectivity index (χ1n) is 4.10. The van der Waals surface area contributed by atoms with Gasteiger partial charge in [-0.2, -0.15) is 13.2 Å². The van der Waals surface area contributed by atoms with Gasteiger partial charge in [-0.05, 0) is 18.2 Å². The fraction of sp³-hybridized carbons (Fsp3) is 0.333. The minimum Gasteiger partial charge on any atom is -0.508 e. The van der Waals surface area contributed by atoms with Crippen LogP contribution >= 0.6 is 0 Å². The van der Waals surface area contributed by atoms with Gasteiger partial charge in [-0.15, -0.1) is 0 Å². The lowest BCUT2D eigenvalue weighted by Gasteiger charge is -2.15. The zero-order chi connectivity index (χ0) is 11.6. The number of aromatic hydroxyl groups is 1. The Balaban J connectivity index is 2.90. The molecule has 0 amide bonds. The predicted octanol–water partition coefficient (Wildman–Crippen LogP) is 2.48. The van der Waals surface area contributed by atoms with E-state index < -0.39 is 30.2 Å². The molecule has 1 rings (SSSR count). The van der Waals surface area contributed by atoms with E-state index in [1.54, 1.807) is 0 Å². The van der Waals surface area contributed by atoms with Crippen molar-refractivity contribution in [3.63, 3.8) is 0 Å². The molecular formula is C9H9F4NO. The maximum Gasteiger partial charge on any atom is 0.390 e. The van der Waals surface area contributed by atoms with Gasteiger partial charge in [-0.1, -0.05) is 0 Å². The second-order valence-electron chi connectivity index (χ2n) is 3.13. The van der Waals surface area contributed by atoms with Crippen LogP contribution in [0.25, 0.3) is 0 Å². The van der Waals surface area contributed by atoms with Crippen molar-refractivity contribution in [2.45, 2.75) is 18.6 Å². The van der Waals surface area contributed by atoms with E-state index in [-0.39, 0.29) is 5.56 Å². The second kappa shape index (κ2) is 4.06. The summed E-state index contributed by atoms with van der Waals surface area (Å²) in [7, 11) is 0. The molecule has 3 N–H and O–H groups in total. The van der Waals surface area contributed by atoms with E-state index in [9.17, 15) is 22.7 Å². The van der Waals surface area contributed by atoms with E-state index in [1.807, 2.05) is 0 Å². The van der Waals surface area contributed by atoms with Crippen LogP contribution in [0.5, 0.6) is 5.75 Å². The maximum atomic E-state index is 12.7. The van der Waals surface area contributed by atoms with Crippen LogP contribution in [-0.4, -0.2) is 11.3 Å². The van der Waals surface area contributed by atoms with Crippen molar-refractivity contribution in [2.75, 3.05) is 0 Å². The van der Waals surface area contributed by atoms with Crippen LogP contribution in [0.3, 0.4) is 0 Å². The average Bonchev–Trinajstić information content (AvgIpc) is 2.06. The van der Waals surface area contributed by atoms with Crippen molar-refractivity contribution >= 4 is 0 Å². The first-order valence-corrected chi connectivity index (χ1v) is 4.10. The van der Waals surface area contributed by atoms with E-state index in [4.69, 9.17) is 5.73 Å². The number of hydrogen-bond acceptors (Lipinski definition) is 2. The molecule has 0 aliphatic carbocycles. The molecule has 1 atom stereocenters. The number of rotatable bonds is 2. The van der Waals surface area contributed by atoms with Crippen molar-refractivity contribution < 1.29 is 22.7 Å². The van der Waals surface area contributed by atoms with Crippen molar-refractivity contribution in [2.24, 2.45) is 5.73 Å². The summed E-state index contributed by atoms with van der Waals surface area (Å²) in [6.45, 7) is 0. The maximum absolute atomic E-state index is 12.7. The number of benzene rings is 1. The number of halogens is 4. The van der Waals surface area contributed by atoms with E-state index >= 15 is 0 Å². The Kier molecular flexibility index (Phi) is 3.18. The van der Waals surface area contributed by atoms with Gasteiger partial charge in [-0.25, -0.2) is 4.39 Å². The number of hydrogen-bond donors (Lipinski definition) is 2. The quantitative estimate of drug-likeness (QED) is 0.756. The highest BCUT2D eigenvalue weighted by atomic mass is 19.4. The Morgan fingerprint density at radius 3 is 2.47 bits per heavy atom. The van der Waals surface area contributed by atoms with Crippen molar-refractivity contribution in [3.05, 3.63) is 29.6 Å². The van der Waals surface area contributed by atoms with Crippen molar-refractivity contribution in [1.29, 1.82) is 0 Å². The van der Waals surface area contributed by atoms with Crippen LogP contribution < -0.4 is 5.73 Å². The Hall–Kier alpha value is -1.30. The molecule has 0 fully saturated rings. The summed E-state index contributed by atoms with van der Waals surface area (Å²) in [5.41, 5.74) is 4.96. The molecule has 0 radical (unpaired) electrons. The Bertz CT molecular complexity index is 350. The lowest BCUT2D eigenvalue weighted by Crippen LogP contribution is -2.20. The molecule has 15 heavy (non-hydrogen) atoms. The second-order valence-corrected chi connectivity index (χ2v) is 3.13. The molecule has 0 aliphatic rings. The van der Waals surface area contributed by atoms with E-state index in [0.717, 1.165) is 18.2 Å². The van der Waals surface area contributed by atoms with E-state index in [0.29, 0.717) is 0 Å². The molecule has 1 aromatic rings. The molecule has 2 nitrogen and oxygen atoms in total. The number of phenols is 1. The largest absolute Gasteiger partial charge is 0.508 e. The Labute approximate surface area is 83.3 Å². The first kappa shape index (κ1) is 11.8. The van der Waals surface area contributed by atoms with Gasteiger partial charge in [0.15, 0.2) is 0 Å². The van der Waals surface area contributed by atoms with Gasteiger partial charge < -0.3 is 10.8 Å². The summed E-state index contributed by atoms with van der Waals surface area (Å²) in [6, 6.07) is 1.26. The smallest absolute Gasteiger partial charge is 0.390 e. The molecule has 0 aromatic heterocycles. The highest BCUT2D eigenvalue weighted by Crippen LogP contribution is 2.32. The molecule has 0 heterocycles. The van der Waals surface area contributed by atoms with Gasteiger partial charge in [0.1, 0.15) is 11.6 Å². The SMILES string of the molecule is N[C@@H](CC(F)(F)F)c1cc(F)ccc1O. The lowest BCUT2D eigenvalue weighted by atomic mass is 10.0. The van der Waals surface area contributed by atoms with Gasteiger partial charge in [0, 0.05) is 11.6 Å².